The Kier molecular flexibility index (Phi) is 7.50. The van der Waals surface area contributed by atoms with E-state index >= 15 is 0 Å². The number of carbonyl (C=O) groups excluding carboxylic acids is 2. The molecule has 0 aromatic heterocycles. The average Bonchev–Trinajstić information content (AvgIpc) is 3.10. The van der Waals surface area contributed by atoms with Gasteiger partial charge in [0.25, 0.3) is 0 Å². The van der Waals surface area contributed by atoms with Crippen molar-refractivity contribution in [1.29, 1.82) is 0 Å². The summed E-state index contributed by atoms with van der Waals surface area (Å²) in [6, 6.07) is 15.0. The van der Waals surface area contributed by atoms with Gasteiger partial charge >= 0.3 is 12.1 Å². The summed E-state index contributed by atoms with van der Waals surface area (Å²) < 4.78 is 5.61. The summed E-state index contributed by atoms with van der Waals surface area (Å²) in [6.45, 7) is 2.17. The van der Waals surface area contributed by atoms with Gasteiger partial charge in [-0.3, -0.25) is 4.79 Å². The van der Waals surface area contributed by atoms with Gasteiger partial charge in [0.2, 0.25) is 5.91 Å². The number of nitrogens with one attached hydrogen (secondary N) is 2. The summed E-state index contributed by atoms with van der Waals surface area (Å²) >= 11 is 0. The quantitative estimate of drug-likeness (QED) is 0.482. The number of carboxylic acid groups (broad SMARTS) is 1. The first-order valence-corrected chi connectivity index (χ1v) is 12.1. The van der Waals surface area contributed by atoms with Gasteiger partial charge in [-0.05, 0) is 47.4 Å². The predicted molar refractivity (Wildman–Crippen MR) is 128 cm³/mol. The van der Waals surface area contributed by atoms with Crippen LogP contribution in [0.5, 0.6) is 0 Å². The van der Waals surface area contributed by atoms with Crippen molar-refractivity contribution in [3.8, 4) is 11.1 Å². The van der Waals surface area contributed by atoms with Crippen molar-refractivity contribution in [2.45, 2.75) is 63.5 Å². The summed E-state index contributed by atoms with van der Waals surface area (Å²) in [6.07, 6.45) is 3.44. The topological polar surface area (TPSA) is 105 Å². The molecule has 2 aromatic rings. The Bertz CT molecular complexity index is 1000. The lowest BCUT2D eigenvalue weighted by molar-refractivity contribution is -0.144. The summed E-state index contributed by atoms with van der Waals surface area (Å²) in [4.78, 5) is 36.7. The molecule has 3 N–H and O–H groups in total. The first-order valence-electron chi connectivity index (χ1n) is 12.1. The van der Waals surface area contributed by atoms with Crippen molar-refractivity contribution in [3.05, 3.63) is 59.7 Å². The summed E-state index contributed by atoms with van der Waals surface area (Å²) in [7, 11) is 0. The maximum Gasteiger partial charge on any atom is 0.407 e. The second-order valence-electron chi connectivity index (χ2n) is 9.23. The molecule has 2 aromatic carbocycles. The number of carbonyl (C=O) groups is 3. The molecule has 0 saturated heterocycles. The van der Waals surface area contributed by atoms with Crippen LogP contribution >= 0.6 is 0 Å². The lowest BCUT2D eigenvalue weighted by Gasteiger charge is -2.31. The smallest absolute Gasteiger partial charge is 0.407 e. The molecule has 0 spiro atoms. The second kappa shape index (κ2) is 10.7. The molecule has 7 heteroatoms. The van der Waals surface area contributed by atoms with Crippen LogP contribution in [0.15, 0.2) is 48.5 Å². The highest BCUT2D eigenvalue weighted by molar-refractivity contribution is 5.84. The van der Waals surface area contributed by atoms with Crippen LogP contribution in [0.25, 0.3) is 11.1 Å². The maximum absolute atomic E-state index is 12.6. The van der Waals surface area contributed by atoms with Crippen molar-refractivity contribution in [2.75, 3.05) is 6.61 Å². The van der Waals surface area contributed by atoms with Gasteiger partial charge in [0, 0.05) is 18.4 Å². The van der Waals surface area contributed by atoms with E-state index in [2.05, 4.69) is 34.9 Å². The second-order valence-corrected chi connectivity index (χ2v) is 9.23. The third-order valence-corrected chi connectivity index (χ3v) is 6.94. The normalized spacial score (nSPS) is 16.5. The van der Waals surface area contributed by atoms with E-state index in [9.17, 15) is 19.5 Å². The van der Waals surface area contributed by atoms with Crippen LogP contribution in [-0.2, 0) is 14.3 Å². The van der Waals surface area contributed by atoms with Crippen molar-refractivity contribution < 1.29 is 24.2 Å². The highest BCUT2D eigenvalue weighted by Gasteiger charge is 2.34. The molecule has 2 aliphatic carbocycles. The van der Waals surface area contributed by atoms with Crippen LogP contribution in [0.1, 0.15) is 62.5 Å². The van der Waals surface area contributed by atoms with E-state index in [1.165, 1.54) is 0 Å². The molecule has 180 valence electrons. The molecule has 0 bridgehead atoms. The Labute approximate surface area is 199 Å². The van der Waals surface area contributed by atoms with Gasteiger partial charge in [-0.2, -0.15) is 0 Å². The van der Waals surface area contributed by atoms with Crippen molar-refractivity contribution in [3.63, 3.8) is 0 Å². The van der Waals surface area contributed by atoms with E-state index in [0.717, 1.165) is 47.9 Å². The van der Waals surface area contributed by atoms with Crippen LogP contribution in [0.3, 0.4) is 0 Å². The molecule has 0 aliphatic heterocycles. The van der Waals surface area contributed by atoms with E-state index in [1.54, 1.807) is 0 Å². The van der Waals surface area contributed by atoms with Crippen LogP contribution < -0.4 is 10.6 Å². The van der Waals surface area contributed by atoms with Gasteiger partial charge in [0.05, 0.1) is 0 Å². The number of fused-ring (bicyclic) bond motifs is 3. The van der Waals surface area contributed by atoms with E-state index in [4.69, 9.17) is 4.74 Å². The molecular weight excluding hydrogens is 432 g/mol. The highest BCUT2D eigenvalue weighted by Crippen LogP contribution is 2.44. The molecule has 2 amide bonds. The molecule has 1 unspecified atom stereocenters. The van der Waals surface area contributed by atoms with Crippen LogP contribution in [-0.4, -0.2) is 41.8 Å². The molecule has 0 radical (unpaired) electrons. The molecule has 1 fully saturated rings. The largest absolute Gasteiger partial charge is 0.480 e. The van der Waals surface area contributed by atoms with Crippen molar-refractivity contribution >= 4 is 18.0 Å². The van der Waals surface area contributed by atoms with Crippen LogP contribution in [0, 0.1) is 5.92 Å². The highest BCUT2D eigenvalue weighted by atomic mass is 16.5. The molecule has 2 atom stereocenters. The van der Waals surface area contributed by atoms with E-state index < -0.39 is 24.1 Å². The summed E-state index contributed by atoms with van der Waals surface area (Å²) in [5, 5.41) is 14.9. The van der Waals surface area contributed by atoms with Gasteiger partial charge in [-0.25, -0.2) is 9.59 Å². The van der Waals surface area contributed by atoms with E-state index in [-0.39, 0.29) is 30.8 Å². The number of hydrogen-bond donors (Lipinski definition) is 3. The zero-order valence-electron chi connectivity index (χ0n) is 19.5. The Morgan fingerprint density at radius 3 is 2.15 bits per heavy atom. The van der Waals surface area contributed by atoms with Crippen molar-refractivity contribution in [1.82, 2.24) is 10.6 Å². The number of benzene rings is 2. The standard InChI is InChI=1S/C27H32N2O5/c1-2-8-18(15-24(30)29-25(26(31)32)17-9-7-10-17)28-27(33)34-16-23-21-13-5-3-11-19(21)20-12-4-6-14-22(20)23/h3-6,11-14,17-18,23,25H,2,7-10,15-16H2,1H3,(H,28,33)(H,29,30)(H,31,32)/t18-,25?/m1/s1. The van der Waals surface area contributed by atoms with Crippen LogP contribution in [0.4, 0.5) is 4.79 Å². The average molecular weight is 465 g/mol. The minimum absolute atomic E-state index is 0.0128. The molecule has 34 heavy (non-hydrogen) atoms. The molecule has 2 aliphatic rings. The lowest BCUT2D eigenvalue weighted by Crippen LogP contribution is -2.49. The monoisotopic (exact) mass is 464 g/mol. The van der Waals surface area contributed by atoms with Gasteiger partial charge in [-0.15, -0.1) is 0 Å². The molecule has 4 rings (SSSR count). The Balaban J connectivity index is 1.33. The zero-order valence-corrected chi connectivity index (χ0v) is 19.5. The summed E-state index contributed by atoms with van der Waals surface area (Å²) in [5.74, 6) is -1.42. The van der Waals surface area contributed by atoms with Gasteiger partial charge in [0.1, 0.15) is 12.6 Å². The summed E-state index contributed by atoms with van der Waals surface area (Å²) in [5.41, 5.74) is 4.59. The Hall–Kier alpha value is -3.35. The lowest BCUT2D eigenvalue weighted by atomic mass is 9.79. The SMILES string of the molecule is CCC[C@H](CC(=O)NC(C(=O)O)C1CCC1)NC(=O)OCC1c2ccccc2-c2ccccc21. The maximum atomic E-state index is 12.6. The van der Waals surface area contributed by atoms with E-state index in [1.807, 2.05) is 31.2 Å². The van der Waals surface area contributed by atoms with E-state index in [0.29, 0.717) is 6.42 Å². The molecule has 1 saturated carbocycles. The number of alkyl carbamates (subject to hydrolysis) is 1. The van der Waals surface area contributed by atoms with Crippen molar-refractivity contribution in [2.24, 2.45) is 5.92 Å². The minimum Gasteiger partial charge on any atom is -0.480 e. The molecule has 7 nitrogen and oxygen atoms in total. The minimum atomic E-state index is -1.01. The first-order chi connectivity index (χ1) is 16.5. The predicted octanol–water partition coefficient (Wildman–Crippen LogP) is 4.45. The fourth-order valence-electron chi connectivity index (χ4n) is 4.99. The molecular formula is C27H32N2O5. The number of rotatable bonds is 10. The fourth-order valence-corrected chi connectivity index (χ4v) is 4.99. The van der Waals surface area contributed by atoms with Gasteiger partial charge in [-0.1, -0.05) is 68.3 Å². The number of hydrogen-bond acceptors (Lipinski definition) is 4. The molecule has 0 heterocycles. The Morgan fingerprint density at radius 1 is 1.00 bits per heavy atom. The Morgan fingerprint density at radius 2 is 1.62 bits per heavy atom. The third kappa shape index (κ3) is 5.24. The first kappa shape index (κ1) is 23.8. The van der Waals surface area contributed by atoms with Crippen LogP contribution in [0.2, 0.25) is 0 Å². The number of aliphatic carboxylic acids is 1. The third-order valence-electron chi connectivity index (χ3n) is 6.94. The number of amides is 2. The van der Waals surface area contributed by atoms with Gasteiger partial charge < -0.3 is 20.5 Å². The zero-order chi connectivity index (χ0) is 24.1. The fraction of sp³-hybridized carbons (Fsp3) is 0.444. The number of ether oxygens (including phenoxy) is 1. The van der Waals surface area contributed by atoms with Gasteiger partial charge in [0.15, 0.2) is 0 Å². The number of carboxylic acids is 1.